The van der Waals surface area contributed by atoms with Gasteiger partial charge in [0.1, 0.15) is 11.4 Å². The smallest absolute Gasteiger partial charge is 0.410 e. The van der Waals surface area contributed by atoms with Crippen LogP contribution in [0.2, 0.25) is 0 Å². The molecule has 1 aromatic carbocycles. The van der Waals surface area contributed by atoms with Gasteiger partial charge in [0, 0.05) is 44.4 Å². The summed E-state index contributed by atoms with van der Waals surface area (Å²) in [6.45, 7) is 9.20. The van der Waals surface area contributed by atoms with Gasteiger partial charge in [0.25, 0.3) is 0 Å². The van der Waals surface area contributed by atoms with Gasteiger partial charge in [-0.3, -0.25) is 4.79 Å². The Labute approximate surface area is 161 Å². The molecule has 27 heavy (non-hydrogen) atoms. The molecule has 3 rings (SSSR count). The maximum Gasteiger partial charge on any atom is 0.410 e. The third kappa shape index (κ3) is 4.20. The summed E-state index contributed by atoms with van der Waals surface area (Å²) in [4.78, 5) is 28.5. The molecular weight excluding hydrogens is 344 g/mol. The van der Waals surface area contributed by atoms with E-state index in [-0.39, 0.29) is 29.9 Å². The van der Waals surface area contributed by atoms with Crippen LogP contribution in [0.3, 0.4) is 0 Å². The number of fused-ring (bicyclic) bond motifs is 1. The minimum absolute atomic E-state index is 0.103. The van der Waals surface area contributed by atoms with E-state index in [1.165, 1.54) is 5.56 Å². The Bertz CT molecular complexity index is 695. The normalized spacial score (nSPS) is 25.1. The number of rotatable bonds is 2. The molecule has 6 heteroatoms. The van der Waals surface area contributed by atoms with E-state index in [0.717, 1.165) is 12.2 Å². The van der Waals surface area contributed by atoms with Gasteiger partial charge in [0.15, 0.2) is 0 Å². The zero-order chi connectivity index (χ0) is 19.8. The summed E-state index contributed by atoms with van der Waals surface area (Å²) < 4.78 is 10.8. The van der Waals surface area contributed by atoms with E-state index in [2.05, 4.69) is 12.1 Å². The highest BCUT2D eigenvalue weighted by molar-refractivity contribution is 5.74. The van der Waals surface area contributed by atoms with Crippen LogP contribution in [0.1, 0.15) is 45.6 Å². The quantitative estimate of drug-likeness (QED) is 0.797. The summed E-state index contributed by atoms with van der Waals surface area (Å²) >= 11 is 0. The lowest BCUT2D eigenvalue weighted by atomic mass is 9.82. The Kier molecular flexibility index (Phi) is 5.36. The van der Waals surface area contributed by atoms with Gasteiger partial charge in [-0.25, -0.2) is 4.79 Å². The average molecular weight is 374 g/mol. The summed E-state index contributed by atoms with van der Waals surface area (Å²) in [5, 5.41) is 0. The van der Waals surface area contributed by atoms with Crippen molar-refractivity contribution in [3.63, 3.8) is 0 Å². The fraction of sp³-hybridized carbons (Fsp3) is 0.619. The fourth-order valence-corrected chi connectivity index (χ4v) is 4.29. The van der Waals surface area contributed by atoms with Gasteiger partial charge in [-0.1, -0.05) is 12.1 Å². The molecule has 2 aliphatic heterocycles. The molecule has 0 aromatic heterocycles. The summed E-state index contributed by atoms with van der Waals surface area (Å²) in [6, 6.07) is 8.21. The Morgan fingerprint density at radius 1 is 1.11 bits per heavy atom. The van der Waals surface area contributed by atoms with Gasteiger partial charge in [0.2, 0.25) is 5.91 Å². The SMILES string of the molecule is COc1ccc([C@@H]2CN(C(C)=O)[C@H]3CCN(C(=O)OC(C)(C)C)C[C@@H]23)cc1. The van der Waals surface area contributed by atoms with Gasteiger partial charge in [-0.15, -0.1) is 0 Å². The first kappa shape index (κ1) is 19.5. The number of methoxy groups -OCH3 is 1. The molecule has 2 heterocycles. The number of ether oxygens (including phenoxy) is 2. The molecule has 6 nitrogen and oxygen atoms in total. The topological polar surface area (TPSA) is 59.1 Å². The molecule has 148 valence electrons. The second kappa shape index (κ2) is 7.41. The molecule has 2 fully saturated rings. The molecule has 1 aromatic rings. The van der Waals surface area contributed by atoms with E-state index in [1.54, 1.807) is 18.9 Å². The first-order valence-electron chi connectivity index (χ1n) is 9.58. The number of benzene rings is 1. The van der Waals surface area contributed by atoms with E-state index in [0.29, 0.717) is 19.6 Å². The molecule has 0 saturated carbocycles. The van der Waals surface area contributed by atoms with Crippen LogP contribution in [-0.2, 0) is 9.53 Å². The van der Waals surface area contributed by atoms with E-state index in [1.807, 2.05) is 37.8 Å². The Morgan fingerprint density at radius 3 is 2.33 bits per heavy atom. The zero-order valence-electron chi connectivity index (χ0n) is 16.9. The molecule has 0 N–H and O–H groups in total. The molecule has 0 aliphatic carbocycles. The minimum Gasteiger partial charge on any atom is -0.497 e. The number of carbonyl (C=O) groups excluding carboxylic acids is 2. The van der Waals surface area contributed by atoms with E-state index < -0.39 is 5.60 Å². The van der Waals surface area contributed by atoms with Crippen molar-refractivity contribution in [1.29, 1.82) is 0 Å². The molecule has 2 aliphatic rings. The second-order valence-corrected chi connectivity index (χ2v) is 8.50. The lowest BCUT2D eigenvalue weighted by molar-refractivity contribution is -0.130. The third-order valence-electron chi connectivity index (χ3n) is 5.53. The number of carbonyl (C=O) groups is 2. The lowest BCUT2D eigenvalue weighted by Crippen LogP contribution is -2.50. The van der Waals surface area contributed by atoms with E-state index in [4.69, 9.17) is 9.47 Å². The Morgan fingerprint density at radius 2 is 1.78 bits per heavy atom. The van der Waals surface area contributed by atoms with Crippen LogP contribution in [0.4, 0.5) is 4.79 Å². The van der Waals surface area contributed by atoms with Crippen molar-refractivity contribution in [2.45, 2.75) is 51.7 Å². The predicted molar refractivity (Wildman–Crippen MR) is 103 cm³/mol. The maximum absolute atomic E-state index is 12.6. The van der Waals surface area contributed by atoms with Crippen molar-refractivity contribution < 1.29 is 19.1 Å². The summed E-state index contributed by atoms with van der Waals surface area (Å²) in [5.41, 5.74) is 0.672. The average Bonchev–Trinajstić information content (AvgIpc) is 2.99. The van der Waals surface area contributed by atoms with Crippen molar-refractivity contribution in [2.24, 2.45) is 5.92 Å². The van der Waals surface area contributed by atoms with Crippen LogP contribution in [0.15, 0.2) is 24.3 Å². The molecule has 3 atom stereocenters. The maximum atomic E-state index is 12.6. The van der Waals surface area contributed by atoms with Crippen LogP contribution in [0, 0.1) is 5.92 Å². The van der Waals surface area contributed by atoms with Crippen molar-refractivity contribution >= 4 is 12.0 Å². The largest absolute Gasteiger partial charge is 0.497 e. The number of amides is 2. The van der Waals surface area contributed by atoms with Crippen molar-refractivity contribution in [3.05, 3.63) is 29.8 Å². The van der Waals surface area contributed by atoms with Crippen LogP contribution >= 0.6 is 0 Å². The number of piperidine rings is 1. The monoisotopic (exact) mass is 374 g/mol. The first-order valence-corrected chi connectivity index (χ1v) is 9.58. The molecule has 0 spiro atoms. The van der Waals surface area contributed by atoms with Crippen LogP contribution in [0.25, 0.3) is 0 Å². The third-order valence-corrected chi connectivity index (χ3v) is 5.53. The Balaban J connectivity index is 1.81. The highest BCUT2D eigenvalue weighted by Crippen LogP contribution is 2.42. The molecular formula is C21H30N2O4. The molecule has 0 radical (unpaired) electrons. The second-order valence-electron chi connectivity index (χ2n) is 8.50. The molecule has 0 bridgehead atoms. The highest BCUT2D eigenvalue weighted by atomic mass is 16.6. The van der Waals surface area contributed by atoms with Crippen LogP contribution < -0.4 is 4.74 Å². The minimum atomic E-state index is -0.510. The fourth-order valence-electron chi connectivity index (χ4n) is 4.29. The van der Waals surface area contributed by atoms with Gasteiger partial charge >= 0.3 is 6.09 Å². The van der Waals surface area contributed by atoms with Crippen LogP contribution in [-0.4, -0.2) is 60.2 Å². The summed E-state index contributed by atoms with van der Waals surface area (Å²) in [5.74, 6) is 1.33. The summed E-state index contributed by atoms with van der Waals surface area (Å²) in [6.07, 6.45) is 0.520. The zero-order valence-corrected chi connectivity index (χ0v) is 16.9. The lowest BCUT2D eigenvalue weighted by Gasteiger charge is -2.39. The molecule has 0 unspecified atom stereocenters. The number of hydrogen-bond acceptors (Lipinski definition) is 4. The Hall–Kier alpha value is -2.24. The van der Waals surface area contributed by atoms with E-state index in [9.17, 15) is 9.59 Å². The molecule has 2 amide bonds. The van der Waals surface area contributed by atoms with Crippen molar-refractivity contribution in [1.82, 2.24) is 9.80 Å². The number of nitrogens with zero attached hydrogens (tertiary/aromatic N) is 2. The van der Waals surface area contributed by atoms with Gasteiger partial charge in [0.05, 0.1) is 7.11 Å². The van der Waals surface area contributed by atoms with E-state index >= 15 is 0 Å². The highest BCUT2D eigenvalue weighted by Gasteiger charge is 2.47. The molecule has 2 saturated heterocycles. The van der Waals surface area contributed by atoms with Crippen LogP contribution in [0.5, 0.6) is 5.75 Å². The standard InChI is InChI=1S/C21H30N2O4/c1-14(24)23-13-17(15-6-8-16(26-5)9-7-15)18-12-22(11-10-19(18)23)20(25)27-21(2,3)4/h6-9,17-19H,10-13H2,1-5H3/t17-,18-,19-/m0/s1. The van der Waals surface area contributed by atoms with Crippen molar-refractivity contribution in [2.75, 3.05) is 26.7 Å². The van der Waals surface area contributed by atoms with Crippen molar-refractivity contribution in [3.8, 4) is 5.75 Å². The number of hydrogen-bond donors (Lipinski definition) is 0. The number of likely N-dealkylation sites (tertiary alicyclic amines) is 2. The van der Waals surface area contributed by atoms with Gasteiger partial charge in [-0.2, -0.15) is 0 Å². The predicted octanol–water partition coefficient (Wildman–Crippen LogP) is 3.27. The van der Waals surface area contributed by atoms with Gasteiger partial charge < -0.3 is 19.3 Å². The first-order chi connectivity index (χ1) is 12.7. The van der Waals surface area contributed by atoms with Gasteiger partial charge in [-0.05, 0) is 44.9 Å². The summed E-state index contributed by atoms with van der Waals surface area (Å²) in [7, 11) is 1.65.